The molecular formula is C25H28N2O5S. The number of hydrogen-bond acceptors (Lipinski definition) is 5. The second-order valence-electron chi connectivity index (χ2n) is 7.17. The molecule has 0 bridgehead atoms. The summed E-state index contributed by atoms with van der Waals surface area (Å²) in [6.07, 6.45) is 0. The van der Waals surface area contributed by atoms with Crippen LogP contribution in [-0.4, -0.2) is 38.4 Å². The fourth-order valence-corrected chi connectivity index (χ4v) is 4.58. The van der Waals surface area contributed by atoms with Crippen LogP contribution in [0.15, 0.2) is 83.8 Å². The number of sulfonamides is 1. The molecule has 0 radical (unpaired) electrons. The van der Waals surface area contributed by atoms with Crippen molar-refractivity contribution in [3.8, 4) is 11.5 Å². The molecule has 0 aliphatic rings. The Hall–Kier alpha value is -3.36. The smallest absolute Gasteiger partial charge is 0.243 e. The summed E-state index contributed by atoms with van der Waals surface area (Å²) in [6.45, 7) is 4.50. The van der Waals surface area contributed by atoms with Gasteiger partial charge in [-0.3, -0.25) is 4.79 Å². The molecule has 3 rings (SSSR count). The fourth-order valence-electron chi connectivity index (χ4n) is 3.20. The number of anilines is 1. The Labute approximate surface area is 195 Å². The van der Waals surface area contributed by atoms with Gasteiger partial charge >= 0.3 is 0 Å². The highest BCUT2D eigenvalue weighted by atomic mass is 32.2. The molecule has 7 nitrogen and oxygen atoms in total. The molecule has 0 unspecified atom stereocenters. The zero-order chi connectivity index (χ0) is 23.7. The molecule has 0 aliphatic carbocycles. The van der Waals surface area contributed by atoms with E-state index in [0.29, 0.717) is 30.4 Å². The minimum absolute atomic E-state index is 0.0626. The summed E-state index contributed by atoms with van der Waals surface area (Å²) in [5.74, 6) is 0.836. The topological polar surface area (TPSA) is 84.9 Å². The van der Waals surface area contributed by atoms with Gasteiger partial charge in [-0.15, -0.1) is 0 Å². The molecule has 1 N–H and O–H groups in total. The van der Waals surface area contributed by atoms with Crippen molar-refractivity contribution in [1.29, 1.82) is 0 Å². The molecule has 174 valence electrons. The summed E-state index contributed by atoms with van der Waals surface area (Å²) in [5, 5.41) is 2.76. The Morgan fingerprint density at radius 2 is 1.36 bits per heavy atom. The predicted octanol–water partition coefficient (Wildman–Crippen LogP) is 4.31. The number of hydrogen-bond donors (Lipinski definition) is 1. The second kappa shape index (κ2) is 11.5. The maximum atomic E-state index is 13.4. The van der Waals surface area contributed by atoms with Crippen LogP contribution in [0.3, 0.4) is 0 Å². The third-order valence-corrected chi connectivity index (χ3v) is 6.55. The average molecular weight is 469 g/mol. The highest BCUT2D eigenvalue weighted by Crippen LogP contribution is 2.22. The number of ether oxygens (including phenoxy) is 2. The zero-order valence-electron chi connectivity index (χ0n) is 18.7. The van der Waals surface area contributed by atoms with Gasteiger partial charge in [-0.2, -0.15) is 4.31 Å². The van der Waals surface area contributed by atoms with Crippen LogP contribution in [0.25, 0.3) is 0 Å². The summed E-state index contributed by atoms with van der Waals surface area (Å²) in [6, 6.07) is 22.3. The van der Waals surface area contributed by atoms with E-state index >= 15 is 0 Å². The van der Waals surface area contributed by atoms with Gasteiger partial charge in [0.2, 0.25) is 15.9 Å². The van der Waals surface area contributed by atoms with Crippen LogP contribution in [0.4, 0.5) is 5.69 Å². The molecule has 8 heteroatoms. The SMILES string of the molecule is CCOc1ccc(NC(=O)CN(Cc2ccccc2)S(=O)(=O)c2ccc(OCC)cc2)cc1. The Kier molecular flexibility index (Phi) is 8.46. The van der Waals surface area contributed by atoms with E-state index in [1.807, 2.05) is 44.2 Å². The van der Waals surface area contributed by atoms with E-state index in [2.05, 4.69) is 5.32 Å². The number of carbonyl (C=O) groups excluding carboxylic acids is 1. The Balaban J connectivity index is 1.80. The number of amides is 1. The first-order chi connectivity index (χ1) is 15.9. The van der Waals surface area contributed by atoms with Crippen LogP contribution in [0, 0.1) is 0 Å². The maximum absolute atomic E-state index is 13.4. The highest BCUT2D eigenvalue weighted by molar-refractivity contribution is 7.89. The molecule has 3 aromatic rings. The lowest BCUT2D eigenvalue weighted by Crippen LogP contribution is -2.37. The van der Waals surface area contributed by atoms with Crippen molar-refractivity contribution >= 4 is 21.6 Å². The van der Waals surface area contributed by atoms with Gasteiger partial charge in [0.15, 0.2) is 0 Å². The van der Waals surface area contributed by atoms with E-state index < -0.39 is 15.9 Å². The molecule has 3 aromatic carbocycles. The normalized spacial score (nSPS) is 11.2. The van der Waals surface area contributed by atoms with Crippen LogP contribution >= 0.6 is 0 Å². The third kappa shape index (κ3) is 6.81. The molecular weight excluding hydrogens is 440 g/mol. The number of rotatable bonds is 11. The molecule has 0 atom stereocenters. The van der Waals surface area contributed by atoms with Gasteiger partial charge < -0.3 is 14.8 Å². The zero-order valence-corrected chi connectivity index (χ0v) is 19.5. The Morgan fingerprint density at radius 3 is 1.91 bits per heavy atom. The van der Waals surface area contributed by atoms with Gasteiger partial charge in [-0.25, -0.2) is 8.42 Å². The maximum Gasteiger partial charge on any atom is 0.243 e. The number of benzene rings is 3. The van der Waals surface area contributed by atoms with Gasteiger partial charge in [0.1, 0.15) is 11.5 Å². The largest absolute Gasteiger partial charge is 0.494 e. The molecule has 0 saturated carbocycles. The first kappa shape index (κ1) is 24.3. The number of nitrogens with one attached hydrogen (secondary N) is 1. The first-order valence-electron chi connectivity index (χ1n) is 10.7. The van der Waals surface area contributed by atoms with E-state index in [-0.39, 0.29) is 18.0 Å². The van der Waals surface area contributed by atoms with Crippen molar-refractivity contribution in [2.24, 2.45) is 0 Å². The monoisotopic (exact) mass is 468 g/mol. The number of nitrogens with zero attached hydrogens (tertiary/aromatic N) is 1. The van der Waals surface area contributed by atoms with Crippen molar-refractivity contribution in [3.63, 3.8) is 0 Å². The van der Waals surface area contributed by atoms with Crippen molar-refractivity contribution < 1.29 is 22.7 Å². The summed E-state index contributed by atoms with van der Waals surface area (Å²) < 4.78 is 38.8. The van der Waals surface area contributed by atoms with E-state index in [1.54, 1.807) is 36.4 Å². The van der Waals surface area contributed by atoms with E-state index in [0.717, 1.165) is 5.56 Å². The molecule has 0 heterocycles. The minimum Gasteiger partial charge on any atom is -0.494 e. The van der Waals surface area contributed by atoms with Crippen LogP contribution < -0.4 is 14.8 Å². The molecule has 1 amide bonds. The lowest BCUT2D eigenvalue weighted by Gasteiger charge is -2.22. The molecule has 0 aliphatic heterocycles. The van der Waals surface area contributed by atoms with Crippen LogP contribution in [0.2, 0.25) is 0 Å². The molecule has 0 aromatic heterocycles. The van der Waals surface area contributed by atoms with Gasteiger partial charge in [-0.05, 0) is 67.9 Å². The van der Waals surface area contributed by atoms with Crippen LogP contribution in [0.5, 0.6) is 11.5 Å². The summed E-state index contributed by atoms with van der Waals surface area (Å²) in [5.41, 5.74) is 1.34. The number of carbonyl (C=O) groups is 1. The minimum atomic E-state index is -3.94. The predicted molar refractivity (Wildman–Crippen MR) is 128 cm³/mol. The van der Waals surface area contributed by atoms with Gasteiger partial charge in [0, 0.05) is 12.2 Å². The van der Waals surface area contributed by atoms with Crippen molar-refractivity contribution in [2.75, 3.05) is 25.1 Å². The fraction of sp³-hybridized carbons (Fsp3) is 0.240. The molecule has 33 heavy (non-hydrogen) atoms. The Bertz CT molecular complexity index is 1130. The molecule has 0 saturated heterocycles. The van der Waals surface area contributed by atoms with E-state index in [9.17, 15) is 13.2 Å². The lowest BCUT2D eigenvalue weighted by atomic mass is 10.2. The highest BCUT2D eigenvalue weighted by Gasteiger charge is 2.27. The molecule has 0 fully saturated rings. The second-order valence-corrected chi connectivity index (χ2v) is 9.11. The third-order valence-electron chi connectivity index (χ3n) is 4.74. The van der Waals surface area contributed by atoms with Gasteiger partial charge in [-0.1, -0.05) is 30.3 Å². The summed E-state index contributed by atoms with van der Waals surface area (Å²) >= 11 is 0. The van der Waals surface area contributed by atoms with E-state index in [4.69, 9.17) is 9.47 Å². The van der Waals surface area contributed by atoms with Crippen molar-refractivity contribution in [3.05, 3.63) is 84.4 Å². The Morgan fingerprint density at radius 1 is 0.818 bits per heavy atom. The summed E-state index contributed by atoms with van der Waals surface area (Å²) in [4.78, 5) is 12.9. The average Bonchev–Trinajstić information content (AvgIpc) is 2.81. The molecule has 0 spiro atoms. The lowest BCUT2D eigenvalue weighted by molar-refractivity contribution is -0.116. The van der Waals surface area contributed by atoms with Crippen LogP contribution in [-0.2, 0) is 21.4 Å². The quantitative estimate of drug-likeness (QED) is 0.453. The van der Waals surface area contributed by atoms with Crippen molar-refractivity contribution in [2.45, 2.75) is 25.3 Å². The van der Waals surface area contributed by atoms with E-state index in [1.165, 1.54) is 16.4 Å². The van der Waals surface area contributed by atoms with Crippen LogP contribution in [0.1, 0.15) is 19.4 Å². The first-order valence-corrected chi connectivity index (χ1v) is 12.2. The van der Waals surface area contributed by atoms with Crippen molar-refractivity contribution in [1.82, 2.24) is 4.31 Å². The standard InChI is InChI=1S/C25H28N2O5S/c1-3-31-22-12-10-21(11-13-22)26-25(28)19-27(18-20-8-6-5-7-9-20)33(29,30)24-16-14-23(15-17-24)32-4-2/h5-17H,3-4,18-19H2,1-2H3,(H,26,28). The van der Waals surface area contributed by atoms with Gasteiger partial charge in [0.05, 0.1) is 24.7 Å². The van der Waals surface area contributed by atoms with Gasteiger partial charge in [0.25, 0.3) is 0 Å². The summed E-state index contributed by atoms with van der Waals surface area (Å²) in [7, 11) is -3.94.